The van der Waals surface area contributed by atoms with Crippen LogP contribution < -0.4 is 5.32 Å². The van der Waals surface area contributed by atoms with Crippen molar-refractivity contribution in [1.29, 1.82) is 0 Å². The van der Waals surface area contributed by atoms with Gasteiger partial charge in [-0.3, -0.25) is 10.1 Å². The second-order valence-electron chi connectivity index (χ2n) is 6.70. The molecular weight excluding hydrogens is 364 g/mol. The van der Waals surface area contributed by atoms with Gasteiger partial charge in [-0.25, -0.2) is 4.98 Å². The lowest BCUT2D eigenvalue weighted by atomic mass is 10.0. The number of hydrogen-bond acceptors (Lipinski definition) is 3. The minimum absolute atomic E-state index is 0.144. The quantitative estimate of drug-likeness (QED) is 0.461. The third-order valence-corrected chi connectivity index (χ3v) is 5.42. The zero-order chi connectivity index (χ0) is 19.3. The smallest absolute Gasteiger partial charge is 0.257 e. The van der Waals surface area contributed by atoms with E-state index in [1.165, 1.54) is 22.5 Å². The molecule has 0 saturated heterocycles. The van der Waals surface area contributed by atoms with Crippen molar-refractivity contribution in [2.75, 3.05) is 5.32 Å². The van der Waals surface area contributed by atoms with E-state index in [4.69, 9.17) is 0 Å². The number of aryl methyl sites for hydroxylation is 1. The summed E-state index contributed by atoms with van der Waals surface area (Å²) in [4.78, 5) is 18.1. The van der Waals surface area contributed by atoms with Crippen molar-refractivity contribution in [3.05, 3.63) is 107 Å². The van der Waals surface area contributed by atoms with Gasteiger partial charge in [0.15, 0.2) is 5.13 Å². The van der Waals surface area contributed by atoms with Crippen LogP contribution in [0.5, 0.6) is 0 Å². The maximum Gasteiger partial charge on any atom is 0.257 e. The van der Waals surface area contributed by atoms with Gasteiger partial charge in [0.2, 0.25) is 0 Å². The van der Waals surface area contributed by atoms with Gasteiger partial charge in [0, 0.05) is 23.1 Å². The number of aromatic nitrogens is 1. The molecule has 4 rings (SSSR count). The Morgan fingerprint density at radius 1 is 0.929 bits per heavy atom. The summed E-state index contributed by atoms with van der Waals surface area (Å²) in [7, 11) is 0. The van der Waals surface area contributed by atoms with E-state index in [1.54, 1.807) is 0 Å². The lowest BCUT2D eigenvalue weighted by molar-refractivity contribution is 0.102. The van der Waals surface area contributed by atoms with Crippen molar-refractivity contribution in [3.63, 3.8) is 0 Å². The van der Waals surface area contributed by atoms with Crippen LogP contribution >= 0.6 is 11.3 Å². The Labute approximate surface area is 168 Å². The molecule has 0 bridgehead atoms. The number of carbonyl (C=O) groups excluding carboxylic acids is 1. The molecule has 4 aromatic rings. The fourth-order valence-electron chi connectivity index (χ4n) is 2.99. The molecule has 28 heavy (non-hydrogen) atoms. The summed E-state index contributed by atoms with van der Waals surface area (Å²) in [6.45, 7) is 2.08. The van der Waals surface area contributed by atoms with E-state index in [0.717, 1.165) is 22.4 Å². The summed E-state index contributed by atoms with van der Waals surface area (Å²) >= 11 is 1.51. The highest BCUT2D eigenvalue weighted by Gasteiger charge is 2.10. The number of rotatable bonds is 5. The van der Waals surface area contributed by atoms with E-state index >= 15 is 0 Å². The van der Waals surface area contributed by atoms with Crippen molar-refractivity contribution in [2.45, 2.75) is 13.3 Å². The molecule has 0 radical (unpaired) electrons. The molecule has 0 fully saturated rings. The third kappa shape index (κ3) is 4.35. The Morgan fingerprint density at radius 2 is 1.68 bits per heavy atom. The van der Waals surface area contributed by atoms with Gasteiger partial charge < -0.3 is 0 Å². The average molecular weight is 385 g/mol. The van der Waals surface area contributed by atoms with Crippen LogP contribution in [0.4, 0.5) is 5.13 Å². The number of amides is 1. The molecule has 3 aromatic carbocycles. The number of benzene rings is 3. The van der Waals surface area contributed by atoms with Crippen LogP contribution in [0.15, 0.2) is 85.1 Å². The van der Waals surface area contributed by atoms with Crippen LogP contribution in [0.1, 0.15) is 26.4 Å². The molecule has 0 aliphatic rings. The molecule has 1 aromatic heterocycles. The molecule has 3 nitrogen and oxygen atoms in total. The molecule has 0 aliphatic heterocycles. The van der Waals surface area contributed by atoms with Crippen LogP contribution in [0.25, 0.3) is 11.1 Å². The van der Waals surface area contributed by atoms with E-state index in [1.807, 2.05) is 60.8 Å². The summed E-state index contributed by atoms with van der Waals surface area (Å²) in [5, 5.41) is 3.54. The molecular formula is C24H20N2OS. The van der Waals surface area contributed by atoms with Gasteiger partial charge in [-0.15, -0.1) is 11.3 Å². The molecule has 0 spiro atoms. The number of thiazole rings is 1. The van der Waals surface area contributed by atoms with Crippen LogP contribution in [-0.2, 0) is 6.42 Å². The van der Waals surface area contributed by atoms with E-state index in [9.17, 15) is 4.79 Å². The number of carbonyl (C=O) groups is 1. The van der Waals surface area contributed by atoms with Crippen LogP contribution in [0.2, 0.25) is 0 Å². The maximum atomic E-state index is 12.7. The Balaban J connectivity index is 1.46. The van der Waals surface area contributed by atoms with E-state index in [-0.39, 0.29) is 5.91 Å². The van der Waals surface area contributed by atoms with Crippen molar-refractivity contribution >= 4 is 22.4 Å². The first kappa shape index (κ1) is 18.1. The van der Waals surface area contributed by atoms with Gasteiger partial charge in [0.25, 0.3) is 5.91 Å². The van der Waals surface area contributed by atoms with Crippen LogP contribution in [-0.4, -0.2) is 10.9 Å². The van der Waals surface area contributed by atoms with E-state index < -0.39 is 0 Å². The Bertz CT molecular complexity index is 1090. The highest BCUT2D eigenvalue weighted by Crippen LogP contribution is 2.23. The average Bonchev–Trinajstić information content (AvgIpc) is 3.17. The second-order valence-corrected chi connectivity index (χ2v) is 7.81. The van der Waals surface area contributed by atoms with Gasteiger partial charge in [-0.1, -0.05) is 72.3 Å². The Morgan fingerprint density at radius 3 is 2.46 bits per heavy atom. The normalized spacial score (nSPS) is 10.6. The van der Waals surface area contributed by atoms with Gasteiger partial charge in [-0.05, 0) is 35.7 Å². The summed E-state index contributed by atoms with van der Waals surface area (Å²) < 4.78 is 0. The van der Waals surface area contributed by atoms with Gasteiger partial charge in [-0.2, -0.15) is 0 Å². The third-order valence-electron chi connectivity index (χ3n) is 4.50. The van der Waals surface area contributed by atoms with Crippen molar-refractivity contribution in [3.8, 4) is 11.1 Å². The maximum absolute atomic E-state index is 12.7. The number of nitrogens with one attached hydrogen (secondary N) is 1. The molecule has 1 amide bonds. The summed E-state index contributed by atoms with van der Waals surface area (Å²) in [5.74, 6) is -0.144. The fourth-order valence-corrected chi connectivity index (χ4v) is 3.84. The molecule has 1 N–H and O–H groups in total. The van der Waals surface area contributed by atoms with Crippen molar-refractivity contribution < 1.29 is 4.79 Å². The molecule has 0 atom stereocenters. The van der Waals surface area contributed by atoms with Crippen molar-refractivity contribution in [1.82, 2.24) is 4.98 Å². The van der Waals surface area contributed by atoms with Crippen LogP contribution in [0, 0.1) is 6.92 Å². The van der Waals surface area contributed by atoms with Crippen molar-refractivity contribution in [2.24, 2.45) is 0 Å². The topological polar surface area (TPSA) is 42.0 Å². The highest BCUT2D eigenvalue weighted by molar-refractivity contribution is 7.15. The number of nitrogens with zero attached hydrogens (tertiary/aromatic N) is 1. The zero-order valence-corrected chi connectivity index (χ0v) is 16.4. The number of anilines is 1. The second kappa shape index (κ2) is 8.19. The minimum Gasteiger partial charge on any atom is -0.298 e. The monoisotopic (exact) mass is 384 g/mol. The Kier molecular flexibility index (Phi) is 5.31. The molecule has 4 heteroatoms. The predicted octanol–water partition coefficient (Wildman–Crippen LogP) is 5.96. The van der Waals surface area contributed by atoms with Crippen LogP contribution in [0.3, 0.4) is 0 Å². The minimum atomic E-state index is -0.144. The summed E-state index contributed by atoms with van der Waals surface area (Å²) in [6, 6.07) is 26.2. The summed E-state index contributed by atoms with van der Waals surface area (Å²) in [6.07, 6.45) is 2.65. The van der Waals surface area contributed by atoms with Gasteiger partial charge in [0.1, 0.15) is 0 Å². The number of hydrogen-bond donors (Lipinski definition) is 1. The summed E-state index contributed by atoms with van der Waals surface area (Å²) in [5.41, 5.74) is 5.22. The fraction of sp³-hybridized carbons (Fsp3) is 0.0833. The lowest BCUT2D eigenvalue weighted by Crippen LogP contribution is -2.11. The molecule has 1 heterocycles. The first-order chi connectivity index (χ1) is 13.7. The van der Waals surface area contributed by atoms with Gasteiger partial charge in [0.05, 0.1) is 0 Å². The molecule has 0 unspecified atom stereocenters. The zero-order valence-electron chi connectivity index (χ0n) is 15.6. The lowest BCUT2D eigenvalue weighted by Gasteiger charge is -2.05. The molecule has 0 aliphatic carbocycles. The molecule has 0 saturated carbocycles. The highest BCUT2D eigenvalue weighted by atomic mass is 32.1. The first-order valence-electron chi connectivity index (χ1n) is 9.14. The van der Waals surface area contributed by atoms with Gasteiger partial charge >= 0.3 is 0 Å². The predicted molar refractivity (Wildman–Crippen MR) is 116 cm³/mol. The van der Waals surface area contributed by atoms with E-state index in [2.05, 4.69) is 41.5 Å². The van der Waals surface area contributed by atoms with E-state index in [0.29, 0.717) is 10.7 Å². The Hall–Kier alpha value is -3.24. The molecule has 138 valence electrons. The SMILES string of the molecule is Cc1ccc(Cc2cnc(NC(=O)c3cccc(-c4ccccc4)c3)s2)cc1. The first-order valence-corrected chi connectivity index (χ1v) is 9.96. The largest absolute Gasteiger partial charge is 0.298 e. The standard InChI is InChI=1S/C24H20N2OS/c1-17-10-12-18(13-11-17)14-22-16-25-24(28-22)26-23(27)21-9-5-8-20(15-21)19-6-3-2-4-7-19/h2-13,15-16H,14H2,1H3,(H,25,26,27).